The molecule has 1 amide bonds. The maximum Gasteiger partial charge on any atom is 0.226 e. The number of halogens is 1. The molecule has 0 aliphatic rings. The Hall–Kier alpha value is -1.27. The molecule has 0 spiro atoms. The lowest BCUT2D eigenvalue weighted by Crippen LogP contribution is -2.40. The van der Waals surface area contributed by atoms with Crippen molar-refractivity contribution in [3.05, 3.63) is 22.2 Å². The van der Waals surface area contributed by atoms with Gasteiger partial charge in [0, 0.05) is 12.0 Å². The van der Waals surface area contributed by atoms with Gasteiger partial charge in [0.05, 0.1) is 25.4 Å². The summed E-state index contributed by atoms with van der Waals surface area (Å²) in [6.45, 7) is 6.85. The Morgan fingerprint density at radius 1 is 1.18 bits per heavy atom. The molecule has 5 nitrogen and oxygen atoms in total. The molecule has 1 aromatic rings. The number of hydrogen-bond acceptors (Lipinski definition) is 4. The van der Waals surface area contributed by atoms with Gasteiger partial charge in [-0.3, -0.25) is 10.1 Å². The first-order valence-corrected chi connectivity index (χ1v) is 7.98. The van der Waals surface area contributed by atoms with Gasteiger partial charge < -0.3 is 14.8 Å². The van der Waals surface area contributed by atoms with Crippen LogP contribution in [0, 0.1) is 5.41 Å². The molecule has 0 aromatic heterocycles. The Bertz CT molecular complexity index is 513. The second-order valence-corrected chi connectivity index (χ2v) is 6.84. The Kier molecular flexibility index (Phi) is 7.16. The Morgan fingerprint density at radius 3 is 2.36 bits per heavy atom. The molecule has 0 radical (unpaired) electrons. The summed E-state index contributed by atoms with van der Waals surface area (Å²) in [5.74, 6) is 1.62. The van der Waals surface area contributed by atoms with Crippen LogP contribution in [0.1, 0.15) is 26.3 Å². The molecule has 0 heterocycles. The number of amides is 1. The van der Waals surface area contributed by atoms with Crippen LogP contribution in [-0.2, 0) is 11.2 Å². The topological polar surface area (TPSA) is 59.6 Å². The van der Waals surface area contributed by atoms with E-state index >= 15 is 0 Å². The number of rotatable bonds is 7. The highest BCUT2D eigenvalue weighted by Gasteiger charge is 2.20. The molecule has 2 N–H and O–H groups in total. The highest BCUT2D eigenvalue weighted by molar-refractivity contribution is 9.10. The standard InChI is InChI=1S/C16H25BrN2O3/c1-16(2,3)15(20)19-10-18-7-6-11-8-14(22-5)12(17)9-13(11)21-4/h8-9,18H,6-7,10H2,1-5H3,(H,19,20). The summed E-state index contributed by atoms with van der Waals surface area (Å²) in [4.78, 5) is 11.7. The van der Waals surface area contributed by atoms with Gasteiger partial charge in [-0.25, -0.2) is 0 Å². The molecule has 0 aliphatic carbocycles. The fraction of sp³-hybridized carbons (Fsp3) is 0.562. The molecule has 22 heavy (non-hydrogen) atoms. The van der Waals surface area contributed by atoms with Crippen LogP contribution in [0.2, 0.25) is 0 Å². The number of carbonyl (C=O) groups is 1. The summed E-state index contributed by atoms with van der Waals surface area (Å²) in [5.41, 5.74) is 0.682. The molecule has 0 bridgehead atoms. The molecule has 0 aliphatic heterocycles. The number of hydrogen-bond donors (Lipinski definition) is 2. The summed E-state index contributed by atoms with van der Waals surface area (Å²) >= 11 is 3.44. The third-order valence-electron chi connectivity index (χ3n) is 3.18. The third kappa shape index (κ3) is 5.50. The predicted molar refractivity (Wildman–Crippen MR) is 91.4 cm³/mol. The molecule has 0 atom stereocenters. The van der Waals surface area contributed by atoms with E-state index in [0.29, 0.717) is 6.67 Å². The lowest BCUT2D eigenvalue weighted by atomic mass is 9.96. The minimum absolute atomic E-state index is 0.0305. The van der Waals surface area contributed by atoms with Crippen LogP contribution < -0.4 is 20.1 Å². The Balaban J connectivity index is 2.50. The normalized spacial score (nSPS) is 11.2. The first kappa shape index (κ1) is 18.8. The van der Waals surface area contributed by atoms with Crippen molar-refractivity contribution in [2.24, 2.45) is 5.41 Å². The van der Waals surface area contributed by atoms with Crippen molar-refractivity contribution in [3.63, 3.8) is 0 Å². The minimum atomic E-state index is -0.371. The van der Waals surface area contributed by atoms with E-state index in [9.17, 15) is 4.79 Å². The van der Waals surface area contributed by atoms with Crippen LogP contribution in [0.15, 0.2) is 16.6 Å². The van der Waals surface area contributed by atoms with Gasteiger partial charge in [-0.05, 0) is 40.0 Å². The summed E-state index contributed by atoms with van der Waals surface area (Å²) in [5, 5.41) is 6.06. The first-order valence-electron chi connectivity index (χ1n) is 7.19. The summed E-state index contributed by atoms with van der Waals surface area (Å²) in [6, 6.07) is 3.86. The van der Waals surface area contributed by atoms with Crippen molar-refractivity contribution >= 4 is 21.8 Å². The summed E-state index contributed by atoms with van der Waals surface area (Å²) in [6.07, 6.45) is 0.776. The number of ether oxygens (including phenoxy) is 2. The van der Waals surface area contributed by atoms with Crippen LogP contribution in [0.25, 0.3) is 0 Å². The average Bonchev–Trinajstić information content (AvgIpc) is 2.46. The summed E-state index contributed by atoms with van der Waals surface area (Å²) < 4.78 is 11.5. The number of nitrogens with one attached hydrogen (secondary N) is 2. The van der Waals surface area contributed by atoms with Gasteiger partial charge in [0.15, 0.2) is 0 Å². The molecule has 0 saturated heterocycles. The zero-order valence-corrected chi connectivity index (χ0v) is 15.5. The molecule has 0 fully saturated rings. The largest absolute Gasteiger partial charge is 0.496 e. The third-order valence-corrected chi connectivity index (χ3v) is 3.80. The van der Waals surface area contributed by atoms with Crippen molar-refractivity contribution in [3.8, 4) is 11.5 Å². The fourth-order valence-corrected chi connectivity index (χ4v) is 2.32. The smallest absolute Gasteiger partial charge is 0.226 e. The van der Waals surface area contributed by atoms with Crippen LogP contribution >= 0.6 is 15.9 Å². The maximum absolute atomic E-state index is 11.7. The van der Waals surface area contributed by atoms with Gasteiger partial charge in [0.2, 0.25) is 5.91 Å². The fourth-order valence-electron chi connectivity index (χ4n) is 1.84. The van der Waals surface area contributed by atoms with Gasteiger partial charge in [-0.1, -0.05) is 20.8 Å². The highest BCUT2D eigenvalue weighted by atomic mass is 79.9. The van der Waals surface area contributed by atoms with Crippen molar-refractivity contribution in [1.82, 2.24) is 10.6 Å². The molecular formula is C16H25BrN2O3. The maximum atomic E-state index is 11.7. The van der Waals surface area contributed by atoms with Crippen LogP contribution in [0.3, 0.4) is 0 Å². The zero-order valence-electron chi connectivity index (χ0n) is 13.9. The molecule has 1 aromatic carbocycles. The number of carbonyl (C=O) groups excluding carboxylic acids is 1. The molecular weight excluding hydrogens is 348 g/mol. The molecule has 6 heteroatoms. The predicted octanol–water partition coefficient (Wildman–Crippen LogP) is 2.72. The van der Waals surface area contributed by atoms with Crippen LogP contribution in [0.5, 0.6) is 11.5 Å². The number of methoxy groups -OCH3 is 2. The zero-order chi connectivity index (χ0) is 16.8. The van der Waals surface area contributed by atoms with Gasteiger partial charge in [-0.2, -0.15) is 0 Å². The van der Waals surface area contributed by atoms with Gasteiger partial charge >= 0.3 is 0 Å². The molecule has 0 unspecified atom stereocenters. The second-order valence-electron chi connectivity index (χ2n) is 5.98. The van der Waals surface area contributed by atoms with E-state index in [1.807, 2.05) is 32.9 Å². The van der Waals surface area contributed by atoms with Gasteiger partial charge in [0.25, 0.3) is 0 Å². The lowest BCUT2D eigenvalue weighted by molar-refractivity contribution is -0.128. The van der Waals surface area contributed by atoms with Crippen LogP contribution in [-0.4, -0.2) is 33.3 Å². The monoisotopic (exact) mass is 372 g/mol. The Labute approximate surface area is 140 Å². The number of benzene rings is 1. The molecule has 124 valence electrons. The van der Waals surface area contributed by atoms with E-state index in [2.05, 4.69) is 26.6 Å². The van der Waals surface area contributed by atoms with E-state index < -0.39 is 0 Å². The minimum Gasteiger partial charge on any atom is -0.496 e. The quantitative estimate of drug-likeness (QED) is 0.570. The van der Waals surface area contributed by atoms with E-state index in [1.54, 1.807) is 14.2 Å². The van der Waals surface area contributed by atoms with Crippen molar-refractivity contribution in [2.45, 2.75) is 27.2 Å². The SMILES string of the molecule is COc1cc(CCNCNC(=O)C(C)(C)C)c(OC)cc1Br. The van der Waals surface area contributed by atoms with E-state index in [0.717, 1.165) is 34.5 Å². The first-order chi connectivity index (χ1) is 10.3. The van der Waals surface area contributed by atoms with Crippen molar-refractivity contribution in [2.75, 3.05) is 27.4 Å². The highest BCUT2D eigenvalue weighted by Crippen LogP contribution is 2.32. The second kappa shape index (κ2) is 8.39. The van der Waals surface area contributed by atoms with Crippen LogP contribution in [0.4, 0.5) is 0 Å². The lowest BCUT2D eigenvalue weighted by Gasteiger charge is -2.18. The average molecular weight is 373 g/mol. The van der Waals surface area contributed by atoms with E-state index in [1.165, 1.54) is 0 Å². The van der Waals surface area contributed by atoms with Gasteiger partial charge in [0.1, 0.15) is 11.5 Å². The van der Waals surface area contributed by atoms with Gasteiger partial charge in [-0.15, -0.1) is 0 Å². The molecule has 0 saturated carbocycles. The van der Waals surface area contributed by atoms with E-state index in [-0.39, 0.29) is 11.3 Å². The van der Waals surface area contributed by atoms with Crippen molar-refractivity contribution in [1.29, 1.82) is 0 Å². The molecule has 1 rings (SSSR count). The van der Waals surface area contributed by atoms with Crippen molar-refractivity contribution < 1.29 is 14.3 Å². The van der Waals surface area contributed by atoms with E-state index in [4.69, 9.17) is 9.47 Å². The summed E-state index contributed by atoms with van der Waals surface area (Å²) in [7, 11) is 3.28. The Morgan fingerprint density at radius 2 is 1.82 bits per heavy atom.